The molecule has 1 aromatic heterocycles. The third-order valence-corrected chi connectivity index (χ3v) is 4.88. The summed E-state index contributed by atoms with van der Waals surface area (Å²) in [7, 11) is 1.69. The SMILES string of the molecule is C1CNCCN1.COc1ccc(-n2ccc3ccc4ccccc4c32)cc1. The molecule has 0 aliphatic carbocycles. The van der Waals surface area contributed by atoms with E-state index in [9.17, 15) is 0 Å². The van der Waals surface area contributed by atoms with E-state index in [1.165, 1.54) is 21.7 Å². The molecule has 2 heterocycles. The molecule has 0 radical (unpaired) electrons. The summed E-state index contributed by atoms with van der Waals surface area (Å²) >= 11 is 0. The zero-order chi connectivity index (χ0) is 18.5. The van der Waals surface area contributed by atoms with Gasteiger partial charge in [0.05, 0.1) is 12.6 Å². The number of benzene rings is 3. The van der Waals surface area contributed by atoms with Crippen LogP contribution in [0.4, 0.5) is 0 Å². The van der Waals surface area contributed by atoms with E-state index in [4.69, 9.17) is 4.74 Å². The molecule has 1 fully saturated rings. The van der Waals surface area contributed by atoms with Gasteiger partial charge in [-0.3, -0.25) is 0 Å². The first-order valence-electron chi connectivity index (χ1n) is 9.41. The maximum atomic E-state index is 5.23. The summed E-state index contributed by atoms with van der Waals surface area (Å²) in [4.78, 5) is 0. The van der Waals surface area contributed by atoms with Gasteiger partial charge in [-0.25, -0.2) is 0 Å². The summed E-state index contributed by atoms with van der Waals surface area (Å²) in [5, 5.41) is 10.2. The molecule has 138 valence electrons. The van der Waals surface area contributed by atoms with Crippen LogP contribution in [0.1, 0.15) is 0 Å². The normalized spacial score (nSPS) is 14.0. The van der Waals surface area contributed by atoms with Crippen molar-refractivity contribution < 1.29 is 4.74 Å². The van der Waals surface area contributed by atoms with E-state index < -0.39 is 0 Å². The van der Waals surface area contributed by atoms with Gasteiger partial charge < -0.3 is 19.9 Å². The lowest BCUT2D eigenvalue weighted by atomic mass is 10.1. The zero-order valence-corrected chi connectivity index (χ0v) is 15.6. The summed E-state index contributed by atoms with van der Waals surface area (Å²) < 4.78 is 7.47. The number of piperazine rings is 1. The molecule has 5 rings (SSSR count). The van der Waals surface area contributed by atoms with Crippen LogP contribution in [0.5, 0.6) is 5.75 Å². The van der Waals surface area contributed by atoms with Crippen LogP contribution in [-0.4, -0.2) is 37.9 Å². The molecule has 0 saturated carbocycles. The Morgan fingerprint density at radius 2 is 1.41 bits per heavy atom. The second-order valence-electron chi connectivity index (χ2n) is 6.61. The number of fused-ring (bicyclic) bond motifs is 3. The molecule has 27 heavy (non-hydrogen) atoms. The van der Waals surface area contributed by atoms with E-state index in [0.717, 1.165) is 37.6 Å². The summed E-state index contributed by atoms with van der Waals surface area (Å²) in [6, 6.07) is 23.2. The molecular weight excluding hydrogens is 334 g/mol. The highest BCUT2D eigenvalue weighted by molar-refractivity contribution is 6.06. The van der Waals surface area contributed by atoms with Crippen LogP contribution in [0.25, 0.3) is 27.4 Å². The number of ether oxygens (including phenoxy) is 1. The highest BCUT2D eigenvalue weighted by atomic mass is 16.5. The van der Waals surface area contributed by atoms with Crippen molar-refractivity contribution >= 4 is 21.7 Å². The van der Waals surface area contributed by atoms with Crippen molar-refractivity contribution in [3.8, 4) is 11.4 Å². The molecule has 0 spiro atoms. The van der Waals surface area contributed by atoms with E-state index >= 15 is 0 Å². The number of methoxy groups -OCH3 is 1. The number of rotatable bonds is 2. The van der Waals surface area contributed by atoms with Gasteiger partial charge in [-0.15, -0.1) is 0 Å². The molecule has 0 atom stereocenters. The minimum atomic E-state index is 0.875. The van der Waals surface area contributed by atoms with Crippen molar-refractivity contribution in [2.24, 2.45) is 0 Å². The molecule has 1 saturated heterocycles. The van der Waals surface area contributed by atoms with E-state index in [1.54, 1.807) is 7.11 Å². The van der Waals surface area contributed by atoms with Crippen LogP contribution >= 0.6 is 0 Å². The van der Waals surface area contributed by atoms with Crippen molar-refractivity contribution in [3.05, 3.63) is 72.9 Å². The molecule has 0 bridgehead atoms. The number of hydrogen-bond acceptors (Lipinski definition) is 3. The predicted octanol–water partition coefficient (Wildman–Crippen LogP) is 3.97. The third kappa shape index (κ3) is 3.82. The topological polar surface area (TPSA) is 38.2 Å². The molecule has 1 aliphatic heterocycles. The first kappa shape index (κ1) is 17.6. The van der Waals surface area contributed by atoms with Crippen molar-refractivity contribution in [2.75, 3.05) is 33.3 Å². The van der Waals surface area contributed by atoms with E-state index in [0.29, 0.717) is 0 Å². The minimum absolute atomic E-state index is 0.875. The van der Waals surface area contributed by atoms with Crippen molar-refractivity contribution in [3.63, 3.8) is 0 Å². The van der Waals surface area contributed by atoms with Crippen molar-refractivity contribution in [1.82, 2.24) is 15.2 Å². The van der Waals surface area contributed by atoms with E-state index in [2.05, 4.69) is 76.0 Å². The molecule has 4 heteroatoms. The standard InChI is InChI=1S/C19H15NO.C4H10N2/c1-21-17-10-8-16(9-11-17)20-13-12-15-7-6-14-4-2-3-5-18(14)19(15)20;1-2-6-4-3-5-1/h2-13H,1H3;5-6H,1-4H2. The van der Waals surface area contributed by atoms with E-state index in [1.807, 2.05) is 12.1 Å². The molecule has 2 N–H and O–H groups in total. The fourth-order valence-corrected chi connectivity index (χ4v) is 3.47. The van der Waals surface area contributed by atoms with Gasteiger partial charge in [0.2, 0.25) is 0 Å². The van der Waals surface area contributed by atoms with Gasteiger partial charge in [-0.2, -0.15) is 0 Å². The van der Waals surface area contributed by atoms with Gasteiger partial charge >= 0.3 is 0 Å². The smallest absolute Gasteiger partial charge is 0.119 e. The van der Waals surface area contributed by atoms with Crippen LogP contribution in [0.2, 0.25) is 0 Å². The lowest BCUT2D eigenvalue weighted by Gasteiger charge is -2.11. The van der Waals surface area contributed by atoms with E-state index in [-0.39, 0.29) is 0 Å². The van der Waals surface area contributed by atoms with Crippen LogP contribution < -0.4 is 15.4 Å². The zero-order valence-electron chi connectivity index (χ0n) is 15.6. The third-order valence-electron chi connectivity index (χ3n) is 4.88. The number of nitrogens with zero attached hydrogens (tertiary/aromatic N) is 1. The van der Waals surface area contributed by atoms with Crippen LogP contribution in [0, 0.1) is 0 Å². The second-order valence-corrected chi connectivity index (χ2v) is 6.61. The maximum absolute atomic E-state index is 5.23. The highest BCUT2D eigenvalue weighted by Gasteiger charge is 2.07. The Hall–Kier alpha value is -2.82. The van der Waals surface area contributed by atoms with Crippen LogP contribution in [0.15, 0.2) is 72.9 Å². The van der Waals surface area contributed by atoms with Gasteiger partial charge in [0.1, 0.15) is 5.75 Å². The average Bonchev–Trinajstić information content (AvgIpc) is 3.20. The summed E-state index contributed by atoms with van der Waals surface area (Å²) in [6.45, 7) is 4.56. The Labute approximate surface area is 159 Å². The lowest BCUT2D eigenvalue weighted by Crippen LogP contribution is -2.39. The molecule has 4 aromatic rings. The molecular formula is C23H25N3O. The monoisotopic (exact) mass is 359 g/mol. The predicted molar refractivity (Wildman–Crippen MR) is 113 cm³/mol. The van der Waals surface area contributed by atoms with Crippen molar-refractivity contribution in [2.45, 2.75) is 0 Å². The number of hydrogen-bond donors (Lipinski definition) is 2. The summed E-state index contributed by atoms with van der Waals surface area (Å²) in [5.74, 6) is 0.875. The van der Waals surface area contributed by atoms with Crippen LogP contribution in [0.3, 0.4) is 0 Å². The number of aromatic nitrogens is 1. The summed E-state index contributed by atoms with van der Waals surface area (Å²) in [6.07, 6.45) is 2.12. The minimum Gasteiger partial charge on any atom is -0.497 e. The first-order valence-corrected chi connectivity index (χ1v) is 9.41. The lowest BCUT2D eigenvalue weighted by molar-refractivity contribution is 0.415. The average molecular weight is 359 g/mol. The van der Waals surface area contributed by atoms with Crippen LogP contribution in [-0.2, 0) is 0 Å². The second kappa shape index (κ2) is 8.25. The molecule has 0 amide bonds. The van der Waals surface area contributed by atoms with Gasteiger partial charge in [0.15, 0.2) is 0 Å². The Bertz CT molecular complexity index is 1010. The molecule has 0 unspecified atom stereocenters. The van der Waals surface area contributed by atoms with Gasteiger partial charge in [0.25, 0.3) is 0 Å². The number of nitrogens with one attached hydrogen (secondary N) is 2. The fourth-order valence-electron chi connectivity index (χ4n) is 3.47. The Balaban J connectivity index is 0.000000257. The maximum Gasteiger partial charge on any atom is 0.119 e. The molecule has 4 nitrogen and oxygen atoms in total. The fraction of sp³-hybridized carbons (Fsp3) is 0.217. The Morgan fingerprint density at radius 3 is 2.07 bits per heavy atom. The van der Waals surface area contributed by atoms with Gasteiger partial charge in [0, 0.05) is 48.8 Å². The van der Waals surface area contributed by atoms with Crippen molar-refractivity contribution in [1.29, 1.82) is 0 Å². The molecule has 1 aliphatic rings. The van der Waals surface area contributed by atoms with Gasteiger partial charge in [-0.1, -0.05) is 36.4 Å². The highest BCUT2D eigenvalue weighted by Crippen LogP contribution is 2.29. The largest absolute Gasteiger partial charge is 0.497 e. The van der Waals surface area contributed by atoms with Gasteiger partial charge in [-0.05, 0) is 35.7 Å². The first-order chi connectivity index (χ1) is 13.4. The summed E-state index contributed by atoms with van der Waals surface area (Å²) in [5.41, 5.74) is 2.39. The molecule has 3 aromatic carbocycles. The Morgan fingerprint density at radius 1 is 0.741 bits per heavy atom. The quantitative estimate of drug-likeness (QED) is 0.569. The Kier molecular flexibility index (Phi) is 5.37.